The van der Waals surface area contributed by atoms with Crippen LogP contribution in [0.1, 0.15) is 37.8 Å². The number of nitrogens with one attached hydrogen (secondary N) is 1. The Hall–Kier alpha value is -1.81. The fourth-order valence-corrected chi connectivity index (χ4v) is 2.67. The van der Waals surface area contributed by atoms with Crippen LogP contribution < -0.4 is 10.1 Å². The van der Waals surface area contributed by atoms with Crippen molar-refractivity contribution in [2.75, 3.05) is 11.9 Å². The van der Waals surface area contributed by atoms with Gasteiger partial charge in [0.25, 0.3) is 5.91 Å². The highest BCUT2D eigenvalue weighted by atomic mass is 79.9. The molecule has 3 nitrogen and oxygen atoms in total. The summed E-state index contributed by atoms with van der Waals surface area (Å²) in [6, 6.07) is 13.8. The predicted molar refractivity (Wildman–Crippen MR) is 98.2 cm³/mol. The van der Waals surface area contributed by atoms with E-state index in [0.29, 0.717) is 11.7 Å². The largest absolute Gasteiger partial charge is 0.483 e. The lowest BCUT2D eigenvalue weighted by Crippen LogP contribution is -2.20. The Morgan fingerprint density at radius 3 is 2.43 bits per heavy atom. The number of aryl methyl sites for hydroxylation is 1. The molecule has 0 unspecified atom stereocenters. The third-order valence-corrected chi connectivity index (χ3v) is 4.25. The van der Waals surface area contributed by atoms with Gasteiger partial charge < -0.3 is 10.1 Å². The maximum Gasteiger partial charge on any atom is 0.262 e. The van der Waals surface area contributed by atoms with Crippen LogP contribution >= 0.6 is 15.9 Å². The van der Waals surface area contributed by atoms with Crippen LogP contribution in [0.15, 0.2) is 46.9 Å². The van der Waals surface area contributed by atoms with E-state index in [0.717, 1.165) is 16.6 Å². The van der Waals surface area contributed by atoms with Gasteiger partial charge in [-0.3, -0.25) is 4.79 Å². The van der Waals surface area contributed by atoms with Gasteiger partial charge in [0.2, 0.25) is 0 Å². The molecule has 2 aromatic carbocycles. The number of halogens is 1. The summed E-state index contributed by atoms with van der Waals surface area (Å²) in [7, 11) is 0. The normalized spacial score (nSPS) is 10.7. The fourth-order valence-electron chi connectivity index (χ4n) is 2.16. The van der Waals surface area contributed by atoms with E-state index >= 15 is 0 Å². The molecule has 2 rings (SSSR count). The summed E-state index contributed by atoms with van der Waals surface area (Å²) in [5.41, 5.74) is 3.25. The fraction of sp³-hybridized carbons (Fsp3) is 0.316. The van der Waals surface area contributed by atoms with E-state index in [9.17, 15) is 4.79 Å². The monoisotopic (exact) mass is 375 g/mol. The molecule has 23 heavy (non-hydrogen) atoms. The first-order chi connectivity index (χ1) is 11.0. The van der Waals surface area contributed by atoms with E-state index in [4.69, 9.17) is 4.74 Å². The van der Waals surface area contributed by atoms with Gasteiger partial charge in [-0.25, -0.2) is 0 Å². The van der Waals surface area contributed by atoms with Crippen molar-refractivity contribution in [1.82, 2.24) is 0 Å². The third kappa shape index (κ3) is 5.10. The second-order valence-electron chi connectivity index (χ2n) is 5.73. The SMILES string of the molecule is CCc1ccc(NC(=O)COc2ccc(C(C)C)cc2Br)cc1. The van der Waals surface area contributed by atoms with E-state index < -0.39 is 0 Å². The molecule has 1 amide bonds. The Kier molecular flexibility index (Phi) is 6.22. The number of ether oxygens (including phenoxy) is 1. The second-order valence-corrected chi connectivity index (χ2v) is 6.59. The molecule has 0 fully saturated rings. The lowest BCUT2D eigenvalue weighted by molar-refractivity contribution is -0.118. The molecule has 0 aliphatic rings. The van der Waals surface area contributed by atoms with Crippen molar-refractivity contribution >= 4 is 27.5 Å². The molecule has 122 valence electrons. The summed E-state index contributed by atoms with van der Waals surface area (Å²) in [5.74, 6) is 0.953. The number of carbonyl (C=O) groups is 1. The molecule has 0 saturated carbocycles. The maximum absolute atomic E-state index is 12.0. The van der Waals surface area contributed by atoms with Crippen LogP contribution in [0.4, 0.5) is 5.69 Å². The molecule has 0 aromatic heterocycles. The first-order valence-corrected chi connectivity index (χ1v) is 8.60. The van der Waals surface area contributed by atoms with Gasteiger partial charge in [-0.2, -0.15) is 0 Å². The first-order valence-electron chi connectivity index (χ1n) is 7.80. The van der Waals surface area contributed by atoms with Crippen molar-refractivity contribution in [2.45, 2.75) is 33.1 Å². The molecule has 1 N–H and O–H groups in total. The Balaban J connectivity index is 1.91. The van der Waals surface area contributed by atoms with Gasteiger partial charge >= 0.3 is 0 Å². The Morgan fingerprint density at radius 1 is 1.17 bits per heavy atom. The van der Waals surface area contributed by atoms with Gasteiger partial charge in [0.15, 0.2) is 6.61 Å². The van der Waals surface area contributed by atoms with Gasteiger partial charge in [0, 0.05) is 5.69 Å². The molecular formula is C19H22BrNO2. The van der Waals surface area contributed by atoms with Crippen LogP contribution in [-0.4, -0.2) is 12.5 Å². The van der Waals surface area contributed by atoms with Crippen LogP contribution in [0.25, 0.3) is 0 Å². The number of hydrogen-bond acceptors (Lipinski definition) is 2. The zero-order chi connectivity index (χ0) is 16.8. The van der Waals surface area contributed by atoms with Crippen LogP contribution in [0.5, 0.6) is 5.75 Å². The molecule has 2 aromatic rings. The molecule has 0 bridgehead atoms. The van der Waals surface area contributed by atoms with Crippen molar-refractivity contribution in [1.29, 1.82) is 0 Å². The topological polar surface area (TPSA) is 38.3 Å². The quantitative estimate of drug-likeness (QED) is 0.757. The van der Waals surface area contributed by atoms with E-state index in [1.807, 2.05) is 42.5 Å². The summed E-state index contributed by atoms with van der Waals surface area (Å²) in [6.45, 7) is 6.36. The number of rotatable bonds is 6. The first kappa shape index (κ1) is 17.5. The molecule has 0 spiro atoms. The highest BCUT2D eigenvalue weighted by molar-refractivity contribution is 9.10. The van der Waals surface area contributed by atoms with Crippen LogP contribution in [0.2, 0.25) is 0 Å². The van der Waals surface area contributed by atoms with Gasteiger partial charge in [0.05, 0.1) is 4.47 Å². The average Bonchev–Trinajstić information content (AvgIpc) is 2.54. The van der Waals surface area contributed by atoms with Crippen molar-refractivity contribution in [3.63, 3.8) is 0 Å². The number of carbonyl (C=O) groups excluding carboxylic acids is 1. The number of amides is 1. The van der Waals surface area contributed by atoms with E-state index in [2.05, 4.69) is 42.0 Å². The van der Waals surface area contributed by atoms with E-state index in [1.165, 1.54) is 11.1 Å². The van der Waals surface area contributed by atoms with Crippen molar-refractivity contribution in [3.05, 3.63) is 58.1 Å². The zero-order valence-corrected chi connectivity index (χ0v) is 15.3. The number of hydrogen-bond donors (Lipinski definition) is 1. The number of benzene rings is 2. The Labute approximate surface area is 146 Å². The van der Waals surface area contributed by atoms with Gasteiger partial charge in [-0.05, 0) is 63.7 Å². The predicted octanol–water partition coefficient (Wildman–Crippen LogP) is 5.15. The summed E-state index contributed by atoms with van der Waals surface area (Å²) in [5, 5.41) is 2.83. The lowest BCUT2D eigenvalue weighted by atomic mass is 10.0. The minimum atomic E-state index is -0.172. The molecule has 0 aliphatic heterocycles. The number of anilines is 1. The van der Waals surface area contributed by atoms with E-state index in [1.54, 1.807) is 0 Å². The smallest absolute Gasteiger partial charge is 0.262 e. The minimum absolute atomic E-state index is 0.0187. The highest BCUT2D eigenvalue weighted by Crippen LogP contribution is 2.28. The molecule has 0 heterocycles. The lowest BCUT2D eigenvalue weighted by Gasteiger charge is -2.11. The molecule has 0 radical (unpaired) electrons. The summed E-state index contributed by atoms with van der Waals surface area (Å²) in [6.07, 6.45) is 0.984. The molecule has 4 heteroatoms. The second kappa shape index (κ2) is 8.16. The summed E-state index contributed by atoms with van der Waals surface area (Å²) >= 11 is 3.49. The summed E-state index contributed by atoms with van der Waals surface area (Å²) < 4.78 is 6.46. The summed E-state index contributed by atoms with van der Waals surface area (Å²) in [4.78, 5) is 12.0. The third-order valence-electron chi connectivity index (χ3n) is 3.63. The van der Waals surface area contributed by atoms with Crippen LogP contribution in [-0.2, 0) is 11.2 Å². The molecule has 0 atom stereocenters. The van der Waals surface area contributed by atoms with Crippen molar-refractivity contribution in [3.8, 4) is 5.75 Å². The zero-order valence-electron chi connectivity index (χ0n) is 13.7. The maximum atomic E-state index is 12.0. The standard InChI is InChI=1S/C19H22BrNO2/c1-4-14-5-8-16(9-6-14)21-19(22)12-23-18-10-7-15(13(2)3)11-17(18)20/h5-11,13H,4,12H2,1-3H3,(H,21,22). The average molecular weight is 376 g/mol. The molecule has 0 saturated heterocycles. The van der Waals surface area contributed by atoms with E-state index in [-0.39, 0.29) is 12.5 Å². The van der Waals surface area contributed by atoms with Crippen molar-refractivity contribution in [2.24, 2.45) is 0 Å². The van der Waals surface area contributed by atoms with Crippen LogP contribution in [0.3, 0.4) is 0 Å². The molecular weight excluding hydrogens is 354 g/mol. The molecule has 0 aliphatic carbocycles. The Bertz CT molecular complexity index is 666. The van der Waals surface area contributed by atoms with Crippen molar-refractivity contribution < 1.29 is 9.53 Å². The minimum Gasteiger partial charge on any atom is -0.483 e. The van der Waals surface area contributed by atoms with Gasteiger partial charge in [0.1, 0.15) is 5.75 Å². The Morgan fingerprint density at radius 2 is 1.87 bits per heavy atom. The van der Waals surface area contributed by atoms with Crippen LogP contribution in [0, 0.1) is 0 Å². The van der Waals surface area contributed by atoms with Gasteiger partial charge in [-0.15, -0.1) is 0 Å². The highest BCUT2D eigenvalue weighted by Gasteiger charge is 2.08. The van der Waals surface area contributed by atoms with Gasteiger partial charge in [-0.1, -0.05) is 39.0 Å².